The molecule has 8 heteroatoms. The van der Waals surface area contributed by atoms with Crippen LogP contribution in [0.1, 0.15) is 82.7 Å². The van der Waals surface area contributed by atoms with Gasteiger partial charge in [0.1, 0.15) is 17.7 Å². The molecule has 6 aliphatic carbocycles. The van der Waals surface area contributed by atoms with Gasteiger partial charge in [-0.15, -0.1) is 5.10 Å². The maximum Gasteiger partial charge on any atom is 0.433 e. The molecule has 0 amide bonds. The van der Waals surface area contributed by atoms with Crippen LogP contribution in [0, 0.1) is 64.6 Å². The Hall–Kier alpha value is -2.25. The summed E-state index contributed by atoms with van der Waals surface area (Å²) in [7, 11) is 1.23. The van der Waals surface area contributed by atoms with E-state index in [1.807, 2.05) is 0 Å². The van der Waals surface area contributed by atoms with E-state index < -0.39 is 23.3 Å². The van der Waals surface area contributed by atoms with Crippen LogP contribution in [0.3, 0.4) is 0 Å². The number of rotatable bonds is 5. The van der Waals surface area contributed by atoms with Crippen molar-refractivity contribution in [2.75, 3.05) is 6.61 Å². The first-order valence-corrected chi connectivity index (χ1v) is 16.5. The van der Waals surface area contributed by atoms with Gasteiger partial charge in [0.05, 0.1) is 0 Å². The Morgan fingerprint density at radius 3 is 2.36 bits per heavy atom. The Kier molecular flexibility index (Phi) is 7.28. The Morgan fingerprint density at radius 2 is 1.62 bits per heavy atom. The molecule has 7 rings (SSSR count). The van der Waals surface area contributed by atoms with Gasteiger partial charge in [-0.25, -0.2) is 0 Å². The summed E-state index contributed by atoms with van der Waals surface area (Å²) in [6.45, 7) is -0.166. The molecular formula is C34H45F3N2O3. The van der Waals surface area contributed by atoms with Crippen LogP contribution in [0.25, 0.3) is 0 Å². The van der Waals surface area contributed by atoms with Gasteiger partial charge in [-0.3, -0.25) is 9.48 Å². The zero-order chi connectivity index (χ0) is 29.2. The molecule has 1 heterocycles. The molecule has 1 aromatic heterocycles. The molecule has 4 fully saturated rings. The summed E-state index contributed by atoms with van der Waals surface area (Å²) < 4.78 is 46.5. The Bertz CT molecular complexity index is 1240. The van der Waals surface area contributed by atoms with Crippen molar-refractivity contribution < 1.29 is 27.8 Å². The lowest BCUT2D eigenvalue weighted by Gasteiger charge is -2.57. The molecule has 0 aromatic carbocycles. The number of carboxylic acids is 1. The molecule has 11 unspecified atom stereocenters. The van der Waals surface area contributed by atoms with Crippen molar-refractivity contribution in [3.05, 3.63) is 36.1 Å². The number of carboxylic acid groups (broad SMARTS) is 1. The maximum atomic E-state index is 13.3. The number of nitrogens with zero attached hydrogens (tertiary/aromatic N) is 2. The number of carbonyl (C=O) groups is 1. The number of halogens is 3. The highest BCUT2D eigenvalue weighted by molar-refractivity contribution is 5.76. The predicted molar refractivity (Wildman–Crippen MR) is 152 cm³/mol. The van der Waals surface area contributed by atoms with E-state index in [4.69, 9.17) is 4.74 Å². The van der Waals surface area contributed by atoms with Crippen LogP contribution in [-0.4, -0.2) is 27.5 Å². The first-order chi connectivity index (χ1) is 20.2. The van der Waals surface area contributed by atoms with Gasteiger partial charge >= 0.3 is 12.1 Å². The summed E-state index contributed by atoms with van der Waals surface area (Å²) in [5, 5.41) is 14.5. The van der Waals surface area contributed by atoms with Gasteiger partial charge in [0.15, 0.2) is 0 Å². The van der Waals surface area contributed by atoms with Crippen LogP contribution in [0.15, 0.2) is 30.4 Å². The number of allylic oxidation sites excluding steroid dienone is 4. The van der Waals surface area contributed by atoms with Crippen molar-refractivity contribution in [3.8, 4) is 5.88 Å². The fourth-order valence-electron chi connectivity index (χ4n) is 11.2. The van der Waals surface area contributed by atoms with Crippen LogP contribution in [-0.2, 0) is 18.0 Å². The van der Waals surface area contributed by atoms with Gasteiger partial charge in [-0.05, 0) is 136 Å². The Labute approximate surface area is 247 Å². The van der Waals surface area contributed by atoms with E-state index in [0.29, 0.717) is 18.8 Å². The van der Waals surface area contributed by atoms with Gasteiger partial charge < -0.3 is 9.84 Å². The molecule has 42 heavy (non-hydrogen) atoms. The van der Waals surface area contributed by atoms with Crippen LogP contribution < -0.4 is 4.74 Å². The third-order valence-electron chi connectivity index (χ3n) is 13.0. The highest BCUT2D eigenvalue weighted by Gasteiger charge is 2.55. The molecule has 5 nitrogen and oxygen atoms in total. The second-order valence-corrected chi connectivity index (χ2v) is 14.6. The SMILES string of the molecule is Cn1nc(OCC2(C(=O)O)CCC=CC2C2CCC3C(CCC4C3CCC3C5CC=CC5CCC34)C2)cc1C(F)(F)F. The standard InChI is InChI=1S/C34H45F3N2O3/c1-39-30(34(35,36)37)18-31(38-39)42-19-33(32(40)41)16-3-2-7-29(33)22-10-11-24-21(17-22)9-13-28-26(24)15-14-25-23-6-4-5-20(23)8-12-27(25)28/h2,4-5,7,18,20-29H,3,6,8-17,19H2,1H3,(H,40,41). The first kappa shape index (κ1) is 28.5. The van der Waals surface area contributed by atoms with Gasteiger partial charge in [-0.2, -0.15) is 13.2 Å². The zero-order valence-corrected chi connectivity index (χ0v) is 24.6. The molecule has 11 atom stereocenters. The van der Waals surface area contributed by atoms with E-state index in [0.717, 1.165) is 65.0 Å². The molecule has 0 radical (unpaired) electrons. The lowest BCUT2D eigenvalue weighted by Crippen LogP contribution is -2.51. The van der Waals surface area contributed by atoms with Crippen molar-refractivity contribution in [1.82, 2.24) is 9.78 Å². The number of hydrogen-bond acceptors (Lipinski definition) is 3. The van der Waals surface area contributed by atoms with Crippen molar-refractivity contribution >= 4 is 5.97 Å². The second-order valence-electron chi connectivity index (χ2n) is 14.6. The van der Waals surface area contributed by atoms with Crippen LogP contribution in [0.4, 0.5) is 13.2 Å². The van der Waals surface area contributed by atoms with Gasteiger partial charge in [0.25, 0.3) is 0 Å². The van der Waals surface area contributed by atoms with E-state index in [1.165, 1.54) is 58.4 Å². The normalized spacial score (nSPS) is 42.8. The maximum absolute atomic E-state index is 13.3. The van der Waals surface area contributed by atoms with Crippen molar-refractivity contribution in [3.63, 3.8) is 0 Å². The zero-order valence-electron chi connectivity index (χ0n) is 24.6. The Balaban J connectivity index is 1.05. The van der Waals surface area contributed by atoms with E-state index >= 15 is 0 Å². The third-order valence-corrected chi connectivity index (χ3v) is 13.0. The van der Waals surface area contributed by atoms with Crippen LogP contribution >= 0.6 is 0 Å². The Morgan fingerprint density at radius 1 is 0.952 bits per heavy atom. The summed E-state index contributed by atoms with van der Waals surface area (Å²) in [6, 6.07) is 0.872. The second kappa shape index (κ2) is 10.7. The number of alkyl halides is 3. The molecule has 230 valence electrons. The predicted octanol–water partition coefficient (Wildman–Crippen LogP) is 7.93. The van der Waals surface area contributed by atoms with E-state index in [1.54, 1.807) is 0 Å². The molecule has 6 aliphatic rings. The number of aromatic nitrogens is 2. The van der Waals surface area contributed by atoms with Crippen molar-refractivity contribution in [1.29, 1.82) is 0 Å². The highest BCUT2D eigenvalue weighted by Crippen LogP contribution is 2.61. The fraction of sp³-hybridized carbons (Fsp3) is 0.765. The number of fused-ring (bicyclic) bond motifs is 7. The smallest absolute Gasteiger partial charge is 0.433 e. The third kappa shape index (κ3) is 4.74. The monoisotopic (exact) mass is 586 g/mol. The van der Waals surface area contributed by atoms with Crippen molar-refractivity contribution in [2.45, 2.75) is 83.2 Å². The van der Waals surface area contributed by atoms with Gasteiger partial charge in [-0.1, -0.05) is 24.3 Å². The molecular weight excluding hydrogens is 541 g/mol. The quantitative estimate of drug-likeness (QED) is 0.356. The summed E-state index contributed by atoms with van der Waals surface area (Å²) in [4.78, 5) is 12.9. The summed E-state index contributed by atoms with van der Waals surface area (Å²) >= 11 is 0. The summed E-state index contributed by atoms with van der Waals surface area (Å²) in [6.07, 6.45) is 18.4. The van der Waals surface area contributed by atoms with Crippen molar-refractivity contribution in [2.24, 2.45) is 71.6 Å². The minimum absolute atomic E-state index is 0.166. The summed E-state index contributed by atoms with van der Waals surface area (Å²) in [5.74, 6) is 5.67. The topological polar surface area (TPSA) is 64.4 Å². The number of hydrogen-bond donors (Lipinski definition) is 1. The number of aliphatic carboxylic acids is 1. The molecule has 0 bridgehead atoms. The van der Waals surface area contributed by atoms with E-state index in [2.05, 4.69) is 29.4 Å². The largest absolute Gasteiger partial charge is 0.481 e. The first-order valence-electron chi connectivity index (χ1n) is 16.5. The average molecular weight is 587 g/mol. The highest BCUT2D eigenvalue weighted by atomic mass is 19.4. The molecule has 0 spiro atoms. The van der Waals surface area contributed by atoms with Gasteiger partial charge in [0, 0.05) is 13.1 Å². The van der Waals surface area contributed by atoms with E-state index in [-0.39, 0.29) is 24.3 Å². The average Bonchev–Trinajstić information content (AvgIpc) is 3.62. The van der Waals surface area contributed by atoms with Crippen LogP contribution in [0.5, 0.6) is 5.88 Å². The molecule has 4 saturated carbocycles. The fourth-order valence-corrected chi connectivity index (χ4v) is 11.2. The lowest BCUT2D eigenvalue weighted by molar-refractivity contribution is -0.158. The van der Waals surface area contributed by atoms with Crippen LogP contribution in [0.2, 0.25) is 0 Å². The minimum atomic E-state index is -4.55. The molecule has 0 aliphatic heterocycles. The molecule has 0 saturated heterocycles. The minimum Gasteiger partial charge on any atom is -0.481 e. The summed E-state index contributed by atoms with van der Waals surface area (Å²) in [5.41, 5.74) is -2.07. The van der Waals surface area contributed by atoms with Gasteiger partial charge in [0.2, 0.25) is 5.88 Å². The van der Waals surface area contributed by atoms with E-state index in [9.17, 15) is 23.1 Å². The number of aryl methyl sites for hydroxylation is 1. The number of ether oxygens (including phenoxy) is 1. The molecule has 1 aromatic rings. The lowest BCUT2D eigenvalue weighted by atomic mass is 9.48. The molecule has 1 N–H and O–H groups in total.